The fourth-order valence-electron chi connectivity index (χ4n) is 1.91. The molecule has 88 valence electrons. The SMILES string of the molecule is NC1CCN(CCOc2ccccc2Cl)C1. The molecule has 1 atom stereocenters. The molecule has 1 heterocycles. The molecule has 0 saturated carbocycles. The van der Waals surface area contributed by atoms with Crippen LogP contribution in [0.4, 0.5) is 0 Å². The average Bonchev–Trinajstić information content (AvgIpc) is 2.67. The molecule has 1 aliphatic rings. The topological polar surface area (TPSA) is 38.5 Å². The number of benzene rings is 1. The number of halogens is 1. The van der Waals surface area contributed by atoms with E-state index >= 15 is 0 Å². The van der Waals surface area contributed by atoms with E-state index in [0.29, 0.717) is 17.7 Å². The second-order valence-electron chi connectivity index (χ2n) is 4.13. The summed E-state index contributed by atoms with van der Waals surface area (Å²) < 4.78 is 5.62. The van der Waals surface area contributed by atoms with Crippen LogP contribution in [0.25, 0.3) is 0 Å². The first-order valence-corrected chi connectivity index (χ1v) is 5.99. The summed E-state index contributed by atoms with van der Waals surface area (Å²) in [5.41, 5.74) is 5.83. The monoisotopic (exact) mass is 240 g/mol. The van der Waals surface area contributed by atoms with Crippen molar-refractivity contribution in [2.45, 2.75) is 12.5 Å². The number of hydrogen-bond acceptors (Lipinski definition) is 3. The van der Waals surface area contributed by atoms with Crippen molar-refractivity contribution in [1.82, 2.24) is 4.90 Å². The van der Waals surface area contributed by atoms with Crippen molar-refractivity contribution in [3.8, 4) is 5.75 Å². The van der Waals surface area contributed by atoms with Crippen molar-refractivity contribution in [2.75, 3.05) is 26.2 Å². The first kappa shape index (κ1) is 11.7. The lowest BCUT2D eigenvalue weighted by atomic mass is 10.3. The lowest BCUT2D eigenvalue weighted by Gasteiger charge is -2.15. The summed E-state index contributed by atoms with van der Waals surface area (Å²) in [5.74, 6) is 0.757. The zero-order valence-electron chi connectivity index (χ0n) is 9.23. The highest BCUT2D eigenvalue weighted by Gasteiger charge is 2.18. The Bertz CT molecular complexity index is 346. The highest BCUT2D eigenvalue weighted by Crippen LogP contribution is 2.22. The Morgan fingerprint density at radius 3 is 2.94 bits per heavy atom. The maximum atomic E-state index is 5.98. The standard InChI is InChI=1S/C12H17ClN2O/c13-11-3-1-2-4-12(11)16-8-7-15-6-5-10(14)9-15/h1-4,10H,5-9,14H2. The van der Waals surface area contributed by atoms with Crippen LogP contribution in [0.2, 0.25) is 5.02 Å². The van der Waals surface area contributed by atoms with Crippen molar-refractivity contribution in [3.63, 3.8) is 0 Å². The van der Waals surface area contributed by atoms with Crippen LogP contribution in [0.3, 0.4) is 0 Å². The normalized spacial score (nSPS) is 21.2. The molecule has 1 aromatic rings. The molecular formula is C12H17ClN2O. The second kappa shape index (κ2) is 5.53. The van der Waals surface area contributed by atoms with Crippen LogP contribution in [-0.4, -0.2) is 37.2 Å². The molecule has 3 nitrogen and oxygen atoms in total. The van der Waals surface area contributed by atoms with Crippen LogP contribution in [0, 0.1) is 0 Å². The van der Waals surface area contributed by atoms with Gasteiger partial charge in [0.25, 0.3) is 0 Å². The van der Waals surface area contributed by atoms with Gasteiger partial charge in [-0.2, -0.15) is 0 Å². The van der Waals surface area contributed by atoms with Gasteiger partial charge in [-0.1, -0.05) is 23.7 Å². The van der Waals surface area contributed by atoms with E-state index in [1.165, 1.54) is 0 Å². The minimum Gasteiger partial charge on any atom is -0.491 e. The predicted molar refractivity (Wildman–Crippen MR) is 66.0 cm³/mol. The van der Waals surface area contributed by atoms with Crippen LogP contribution in [0.15, 0.2) is 24.3 Å². The second-order valence-corrected chi connectivity index (χ2v) is 4.54. The summed E-state index contributed by atoms with van der Waals surface area (Å²) in [6.45, 7) is 3.63. The van der Waals surface area contributed by atoms with E-state index < -0.39 is 0 Å². The summed E-state index contributed by atoms with van der Waals surface area (Å²) in [5, 5.41) is 0.667. The van der Waals surface area contributed by atoms with Crippen molar-refractivity contribution in [2.24, 2.45) is 5.73 Å². The van der Waals surface area contributed by atoms with Crippen molar-refractivity contribution in [1.29, 1.82) is 0 Å². The fraction of sp³-hybridized carbons (Fsp3) is 0.500. The Balaban J connectivity index is 1.74. The Morgan fingerprint density at radius 2 is 2.25 bits per heavy atom. The summed E-state index contributed by atoms with van der Waals surface area (Å²) >= 11 is 5.98. The third-order valence-electron chi connectivity index (χ3n) is 2.81. The maximum absolute atomic E-state index is 5.98. The Hall–Kier alpha value is -0.770. The molecule has 0 aromatic heterocycles. The largest absolute Gasteiger partial charge is 0.491 e. The fourth-order valence-corrected chi connectivity index (χ4v) is 2.10. The van der Waals surface area contributed by atoms with Gasteiger partial charge in [0.1, 0.15) is 12.4 Å². The van der Waals surface area contributed by atoms with Gasteiger partial charge in [-0.25, -0.2) is 0 Å². The predicted octanol–water partition coefficient (Wildman–Crippen LogP) is 1.75. The molecule has 0 amide bonds. The molecule has 0 aliphatic carbocycles. The van der Waals surface area contributed by atoms with Crippen LogP contribution in [-0.2, 0) is 0 Å². The molecule has 1 unspecified atom stereocenters. The van der Waals surface area contributed by atoms with Gasteiger partial charge < -0.3 is 10.5 Å². The van der Waals surface area contributed by atoms with Crippen LogP contribution < -0.4 is 10.5 Å². The molecule has 16 heavy (non-hydrogen) atoms. The van der Waals surface area contributed by atoms with E-state index in [1.54, 1.807) is 0 Å². The Labute approximate surface area is 101 Å². The lowest BCUT2D eigenvalue weighted by molar-refractivity contribution is 0.236. The molecule has 0 radical (unpaired) electrons. The molecule has 0 spiro atoms. The van der Waals surface area contributed by atoms with E-state index in [0.717, 1.165) is 31.8 Å². The quantitative estimate of drug-likeness (QED) is 0.872. The lowest BCUT2D eigenvalue weighted by Crippen LogP contribution is -2.29. The Morgan fingerprint density at radius 1 is 1.44 bits per heavy atom. The zero-order valence-corrected chi connectivity index (χ0v) is 9.99. The average molecular weight is 241 g/mol. The van der Waals surface area contributed by atoms with Crippen molar-refractivity contribution >= 4 is 11.6 Å². The Kier molecular flexibility index (Phi) is 4.04. The molecule has 2 rings (SSSR count). The first-order valence-electron chi connectivity index (χ1n) is 5.61. The highest BCUT2D eigenvalue weighted by molar-refractivity contribution is 6.32. The summed E-state index contributed by atoms with van der Waals surface area (Å²) in [6.07, 6.45) is 1.09. The summed E-state index contributed by atoms with van der Waals surface area (Å²) in [6, 6.07) is 7.88. The van der Waals surface area contributed by atoms with Crippen molar-refractivity contribution < 1.29 is 4.74 Å². The van der Waals surface area contributed by atoms with E-state index in [-0.39, 0.29) is 0 Å². The minimum atomic E-state index is 0.334. The van der Waals surface area contributed by atoms with E-state index in [1.807, 2.05) is 24.3 Å². The number of ether oxygens (including phenoxy) is 1. The number of para-hydroxylation sites is 1. The van der Waals surface area contributed by atoms with Gasteiger partial charge in [0, 0.05) is 19.1 Å². The first-order chi connectivity index (χ1) is 7.75. The van der Waals surface area contributed by atoms with Crippen molar-refractivity contribution in [3.05, 3.63) is 29.3 Å². The summed E-state index contributed by atoms with van der Waals surface area (Å²) in [7, 11) is 0. The molecule has 0 bridgehead atoms. The number of rotatable bonds is 4. The molecule has 2 N–H and O–H groups in total. The van der Waals surface area contributed by atoms with Gasteiger partial charge in [-0.3, -0.25) is 4.90 Å². The van der Waals surface area contributed by atoms with Crippen LogP contribution >= 0.6 is 11.6 Å². The number of nitrogens with two attached hydrogens (primary N) is 1. The van der Waals surface area contributed by atoms with E-state index in [4.69, 9.17) is 22.1 Å². The van der Waals surface area contributed by atoms with E-state index in [9.17, 15) is 0 Å². The summed E-state index contributed by atoms with van der Waals surface area (Å²) in [4.78, 5) is 2.32. The third-order valence-corrected chi connectivity index (χ3v) is 3.12. The molecule has 1 aromatic carbocycles. The number of likely N-dealkylation sites (tertiary alicyclic amines) is 1. The molecular weight excluding hydrogens is 224 g/mol. The smallest absolute Gasteiger partial charge is 0.137 e. The van der Waals surface area contributed by atoms with Gasteiger partial charge in [0.2, 0.25) is 0 Å². The van der Waals surface area contributed by atoms with Crippen LogP contribution in [0.5, 0.6) is 5.75 Å². The van der Waals surface area contributed by atoms with E-state index in [2.05, 4.69) is 4.90 Å². The van der Waals surface area contributed by atoms with Crippen LogP contribution in [0.1, 0.15) is 6.42 Å². The van der Waals surface area contributed by atoms with Gasteiger partial charge in [0.15, 0.2) is 0 Å². The zero-order chi connectivity index (χ0) is 11.4. The minimum absolute atomic E-state index is 0.334. The molecule has 1 fully saturated rings. The molecule has 1 aliphatic heterocycles. The maximum Gasteiger partial charge on any atom is 0.137 e. The van der Waals surface area contributed by atoms with Gasteiger partial charge in [0.05, 0.1) is 5.02 Å². The molecule has 4 heteroatoms. The third kappa shape index (κ3) is 3.11. The number of hydrogen-bond donors (Lipinski definition) is 1. The molecule has 1 saturated heterocycles. The van der Waals surface area contributed by atoms with Gasteiger partial charge in [-0.15, -0.1) is 0 Å². The number of nitrogens with zero attached hydrogens (tertiary/aromatic N) is 1. The van der Waals surface area contributed by atoms with Gasteiger partial charge in [-0.05, 0) is 25.1 Å². The highest BCUT2D eigenvalue weighted by atomic mass is 35.5. The van der Waals surface area contributed by atoms with Gasteiger partial charge >= 0.3 is 0 Å².